The van der Waals surface area contributed by atoms with Crippen molar-refractivity contribution in [3.63, 3.8) is 0 Å². The molecule has 0 aromatic heterocycles. The third-order valence-electron chi connectivity index (χ3n) is 5.51. The van der Waals surface area contributed by atoms with Crippen molar-refractivity contribution >= 4 is 5.91 Å². The second-order valence-corrected chi connectivity index (χ2v) is 7.26. The number of carbonyl (C=O) groups excluding carboxylic acids is 1. The number of nitrogens with zero attached hydrogens (tertiary/aromatic N) is 2. The van der Waals surface area contributed by atoms with Crippen molar-refractivity contribution in [2.45, 2.75) is 31.4 Å². The Bertz CT molecular complexity index is 681. The molecule has 1 unspecified atom stereocenters. The number of hydrogen-bond donors (Lipinski definition) is 0. The van der Waals surface area contributed by atoms with Gasteiger partial charge in [0.05, 0.1) is 27.9 Å². The largest absolute Gasteiger partial charge is 0.496 e. The summed E-state index contributed by atoms with van der Waals surface area (Å²) in [7, 11) is 6.75. The number of likely N-dealkylation sites (N-methyl/N-ethyl adjacent to an activating group) is 1. The fourth-order valence-electron chi connectivity index (χ4n) is 4.04. The molecule has 1 amide bonds. The van der Waals surface area contributed by atoms with Crippen LogP contribution in [0, 0.1) is 0 Å². The maximum absolute atomic E-state index is 12.9. The Kier molecular flexibility index (Phi) is 6.11. The number of carbonyl (C=O) groups is 1. The fourth-order valence-corrected chi connectivity index (χ4v) is 4.04. The third kappa shape index (κ3) is 3.99. The minimum atomic E-state index is -0.729. The van der Waals surface area contributed by atoms with Gasteiger partial charge in [-0.25, -0.2) is 0 Å². The summed E-state index contributed by atoms with van der Waals surface area (Å²) in [6.07, 6.45) is 2.80. The van der Waals surface area contributed by atoms with Crippen LogP contribution in [-0.2, 0) is 16.1 Å². The summed E-state index contributed by atoms with van der Waals surface area (Å²) in [5.41, 5.74) is 0.273. The zero-order valence-electron chi connectivity index (χ0n) is 16.7. The summed E-state index contributed by atoms with van der Waals surface area (Å²) in [5, 5.41) is 0. The third-order valence-corrected chi connectivity index (χ3v) is 5.51. The molecule has 0 bridgehead atoms. The van der Waals surface area contributed by atoms with Crippen molar-refractivity contribution < 1.29 is 23.7 Å². The van der Waals surface area contributed by atoms with Crippen LogP contribution in [0.5, 0.6) is 17.2 Å². The number of morpholine rings is 1. The Balaban J connectivity index is 1.82. The summed E-state index contributed by atoms with van der Waals surface area (Å²) in [6, 6.07) is 3.79. The predicted molar refractivity (Wildman–Crippen MR) is 102 cm³/mol. The number of rotatable bonds is 5. The Hall–Kier alpha value is -1.99. The van der Waals surface area contributed by atoms with Crippen LogP contribution >= 0.6 is 0 Å². The number of benzene rings is 1. The molecule has 0 radical (unpaired) electrons. The smallest absolute Gasteiger partial charge is 0.255 e. The van der Waals surface area contributed by atoms with Gasteiger partial charge in [0.1, 0.15) is 5.75 Å². The van der Waals surface area contributed by atoms with Crippen LogP contribution in [-0.4, -0.2) is 75.9 Å². The van der Waals surface area contributed by atoms with E-state index in [9.17, 15) is 4.79 Å². The summed E-state index contributed by atoms with van der Waals surface area (Å²) >= 11 is 0. The van der Waals surface area contributed by atoms with Crippen molar-refractivity contribution in [3.05, 3.63) is 17.7 Å². The second kappa shape index (κ2) is 8.35. The highest BCUT2D eigenvalue weighted by atomic mass is 16.5. The average Bonchev–Trinajstić information content (AvgIpc) is 2.82. The van der Waals surface area contributed by atoms with Crippen LogP contribution in [0.2, 0.25) is 0 Å². The number of amides is 1. The van der Waals surface area contributed by atoms with Gasteiger partial charge in [0.25, 0.3) is 5.91 Å². The van der Waals surface area contributed by atoms with Crippen LogP contribution in [0.4, 0.5) is 0 Å². The number of likely N-dealkylation sites (tertiary alicyclic amines) is 1. The molecule has 2 saturated heterocycles. The first-order valence-corrected chi connectivity index (χ1v) is 9.44. The molecule has 0 aliphatic carbocycles. The molecule has 150 valence electrons. The molecule has 2 fully saturated rings. The lowest BCUT2D eigenvalue weighted by Gasteiger charge is -2.42. The molecule has 3 rings (SSSR count). The van der Waals surface area contributed by atoms with Crippen molar-refractivity contribution in [1.29, 1.82) is 0 Å². The van der Waals surface area contributed by atoms with Gasteiger partial charge in [-0.3, -0.25) is 9.69 Å². The van der Waals surface area contributed by atoms with Gasteiger partial charge in [-0.15, -0.1) is 0 Å². The first-order chi connectivity index (χ1) is 13.0. The normalized spacial score (nSPS) is 24.0. The van der Waals surface area contributed by atoms with Crippen LogP contribution in [0.15, 0.2) is 12.1 Å². The SMILES string of the molecule is COc1cc(OC)c(OC)cc1CN1CCOC2(CCCCN(C)C2=O)C1. The Morgan fingerprint density at radius 1 is 1.04 bits per heavy atom. The van der Waals surface area contributed by atoms with Gasteiger partial charge < -0.3 is 23.8 Å². The van der Waals surface area contributed by atoms with E-state index in [0.29, 0.717) is 31.2 Å². The van der Waals surface area contributed by atoms with Crippen LogP contribution in [0.1, 0.15) is 24.8 Å². The first-order valence-electron chi connectivity index (χ1n) is 9.44. The molecule has 0 N–H and O–H groups in total. The van der Waals surface area contributed by atoms with E-state index < -0.39 is 5.60 Å². The summed E-state index contributed by atoms with van der Waals surface area (Å²) in [5.74, 6) is 2.15. The van der Waals surface area contributed by atoms with E-state index in [0.717, 1.165) is 43.7 Å². The highest BCUT2D eigenvalue weighted by molar-refractivity contribution is 5.85. The highest BCUT2D eigenvalue weighted by Crippen LogP contribution is 2.36. The molecule has 1 atom stereocenters. The Morgan fingerprint density at radius 3 is 2.44 bits per heavy atom. The summed E-state index contributed by atoms with van der Waals surface area (Å²) < 4.78 is 22.4. The molecule has 2 aliphatic heterocycles. The average molecular weight is 378 g/mol. The molecular weight excluding hydrogens is 348 g/mol. The molecule has 0 saturated carbocycles. The van der Waals surface area contributed by atoms with Crippen LogP contribution in [0.3, 0.4) is 0 Å². The molecule has 1 aromatic carbocycles. The van der Waals surface area contributed by atoms with E-state index in [1.54, 1.807) is 21.3 Å². The molecule has 2 heterocycles. The van der Waals surface area contributed by atoms with Crippen molar-refractivity contribution in [2.75, 3.05) is 54.6 Å². The van der Waals surface area contributed by atoms with Crippen LogP contribution in [0.25, 0.3) is 0 Å². The Morgan fingerprint density at radius 2 is 1.74 bits per heavy atom. The van der Waals surface area contributed by atoms with Gasteiger partial charge in [0, 0.05) is 44.9 Å². The topological polar surface area (TPSA) is 60.5 Å². The first kappa shape index (κ1) is 19.8. The van der Waals surface area contributed by atoms with Crippen molar-refractivity contribution in [1.82, 2.24) is 9.80 Å². The molecular formula is C20H30N2O5. The molecule has 1 aromatic rings. The summed E-state index contributed by atoms with van der Waals surface area (Å²) in [4.78, 5) is 17.0. The fraction of sp³-hybridized carbons (Fsp3) is 0.650. The summed E-state index contributed by atoms with van der Waals surface area (Å²) in [6.45, 7) is 3.37. The minimum absolute atomic E-state index is 0.101. The molecule has 2 aliphatic rings. The minimum Gasteiger partial charge on any atom is -0.496 e. The lowest BCUT2D eigenvalue weighted by Crippen LogP contribution is -2.59. The van der Waals surface area contributed by atoms with Gasteiger partial charge in [0.15, 0.2) is 17.1 Å². The number of ether oxygens (including phenoxy) is 4. The number of methoxy groups -OCH3 is 3. The standard InChI is InChI=1S/C20H30N2O5/c1-21-8-6-5-7-20(19(21)23)14-22(9-10-27-20)13-15-11-17(25-3)18(26-4)12-16(15)24-2/h11-12H,5-10,13-14H2,1-4H3. The maximum Gasteiger partial charge on any atom is 0.255 e. The van der Waals surface area contributed by atoms with Gasteiger partial charge >= 0.3 is 0 Å². The molecule has 7 nitrogen and oxygen atoms in total. The van der Waals surface area contributed by atoms with Gasteiger partial charge in [-0.2, -0.15) is 0 Å². The quantitative estimate of drug-likeness (QED) is 0.780. The molecule has 27 heavy (non-hydrogen) atoms. The monoisotopic (exact) mass is 378 g/mol. The van der Waals surface area contributed by atoms with E-state index in [2.05, 4.69) is 4.90 Å². The van der Waals surface area contributed by atoms with E-state index in [1.165, 1.54) is 0 Å². The number of hydrogen-bond acceptors (Lipinski definition) is 6. The van der Waals surface area contributed by atoms with Gasteiger partial charge in [0.2, 0.25) is 0 Å². The van der Waals surface area contributed by atoms with E-state index in [4.69, 9.17) is 18.9 Å². The lowest BCUT2D eigenvalue weighted by molar-refractivity contribution is -0.169. The van der Waals surface area contributed by atoms with E-state index in [1.807, 2.05) is 24.1 Å². The zero-order chi connectivity index (χ0) is 19.4. The van der Waals surface area contributed by atoms with Crippen molar-refractivity contribution in [2.24, 2.45) is 0 Å². The van der Waals surface area contributed by atoms with Gasteiger partial charge in [-0.05, 0) is 25.3 Å². The van der Waals surface area contributed by atoms with Crippen molar-refractivity contribution in [3.8, 4) is 17.2 Å². The highest BCUT2D eigenvalue weighted by Gasteiger charge is 2.45. The maximum atomic E-state index is 12.9. The predicted octanol–water partition coefficient (Wildman–Crippen LogP) is 1.93. The molecule has 7 heteroatoms. The van der Waals surface area contributed by atoms with E-state index >= 15 is 0 Å². The van der Waals surface area contributed by atoms with Crippen LogP contribution < -0.4 is 14.2 Å². The zero-order valence-corrected chi connectivity index (χ0v) is 16.7. The molecule has 1 spiro atoms. The second-order valence-electron chi connectivity index (χ2n) is 7.26. The van der Waals surface area contributed by atoms with Gasteiger partial charge in [-0.1, -0.05) is 0 Å². The van der Waals surface area contributed by atoms with E-state index in [-0.39, 0.29) is 5.91 Å². The lowest BCUT2D eigenvalue weighted by atomic mass is 9.94. The Labute approximate surface area is 161 Å².